The van der Waals surface area contributed by atoms with E-state index in [9.17, 15) is 13.6 Å². The van der Waals surface area contributed by atoms with Crippen LogP contribution in [0.5, 0.6) is 11.5 Å². The van der Waals surface area contributed by atoms with Crippen LogP contribution < -0.4 is 14.8 Å². The lowest BCUT2D eigenvalue weighted by Crippen LogP contribution is -2.33. The molecule has 4 nitrogen and oxygen atoms in total. The Morgan fingerprint density at radius 3 is 2.52 bits per heavy atom. The Balaban J connectivity index is 1.65. The molecule has 1 aliphatic rings. The molecule has 0 saturated carbocycles. The summed E-state index contributed by atoms with van der Waals surface area (Å²) in [7, 11) is 0. The summed E-state index contributed by atoms with van der Waals surface area (Å²) in [5, 5.41) is 3.01. The number of amides is 1. The molecule has 2 aromatic rings. The van der Waals surface area contributed by atoms with Crippen molar-refractivity contribution in [3.63, 3.8) is 0 Å². The Bertz CT molecular complexity index is 829. The van der Waals surface area contributed by atoms with Crippen LogP contribution in [0.3, 0.4) is 0 Å². The number of thioether (sulfide) groups is 1. The van der Waals surface area contributed by atoms with E-state index in [0.717, 1.165) is 29.5 Å². The number of halogens is 2. The van der Waals surface area contributed by atoms with Crippen molar-refractivity contribution >= 4 is 17.7 Å². The molecule has 0 bridgehead atoms. The molecule has 1 aliphatic heterocycles. The largest absolute Gasteiger partial charge is 0.486 e. The van der Waals surface area contributed by atoms with Crippen LogP contribution in [0.4, 0.5) is 8.78 Å². The second-order valence-electron chi connectivity index (χ2n) is 6.56. The summed E-state index contributed by atoms with van der Waals surface area (Å²) in [5.74, 6) is -0.358. The van der Waals surface area contributed by atoms with Crippen molar-refractivity contribution in [1.82, 2.24) is 5.32 Å². The molecule has 0 spiro atoms. The molecule has 3 rings (SSSR count). The van der Waals surface area contributed by atoms with E-state index in [0.29, 0.717) is 29.6 Å². The minimum absolute atomic E-state index is 0.110. The van der Waals surface area contributed by atoms with Gasteiger partial charge in [0.2, 0.25) is 5.91 Å². The van der Waals surface area contributed by atoms with Gasteiger partial charge in [-0.25, -0.2) is 8.78 Å². The molecule has 1 N–H and O–H groups in total. The number of hydrogen-bond acceptors (Lipinski definition) is 4. The molecule has 7 heteroatoms. The molecular formula is C20H21F2NO3S. The number of carbonyl (C=O) groups excluding carboxylic acids is 1. The minimum Gasteiger partial charge on any atom is -0.486 e. The van der Waals surface area contributed by atoms with Gasteiger partial charge in [-0.3, -0.25) is 4.79 Å². The second kappa shape index (κ2) is 8.61. The quantitative estimate of drug-likeness (QED) is 0.742. The fourth-order valence-electron chi connectivity index (χ4n) is 2.82. The Kier molecular flexibility index (Phi) is 6.21. The first-order valence-corrected chi connectivity index (χ1v) is 9.69. The van der Waals surface area contributed by atoms with E-state index < -0.39 is 11.6 Å². The van der Waals surface area contributed by atoms with Gasteiger partial charge < -0.3 is 14.8 Å². The van der Waals surface area contributed by atoms with Crippen molar-refractivity contribution in [2.24, 2.45) is 5.92 Å². The summed E-state index contributed by atoms with van der Waals surface area (Å²) in [6, 6.07) is 9.07. The van der Waals surface area contributed by atoms with Crippen LogP contribution in [0.2, 0.25) is 0 Å². The summed E-state index contributed by atoms with van der Waals surface area (Å²) in [5.41, 5.74) is 0.931. The molecule has 0 aromatic heterocycles. The average Bonchev–Trinajstić information content (AvgIpc) is 2.66. The first kappa shape index (κ1) is 19.5. The summed E-state index contributed by atoms with van der Waals surface area (Å²) >= 11 is 1.16. The van der Waals surface area contributed by atoms with E-state index in [-0.39, 0.29) is 23.6 Å². The van der Waals surface area contributed by atoms with E-state index >= 15 is 0 Å². The third kappa shape index (κ3) is 4.91. The lowest BCUT2D eigenvalue weighted by atomic mass is 9.95. The van der Waals surface area contributed by atoms with Gasteiger partial charge in [-0.15, -0.1) is 11.8 Å². The van der Waals surface area contributed by atoms with E-state index in [1.54, 1.807) is 0 Å². The van der Waals surface area contributed by atoms with Crippen molar-refractivity contribution < 1.29 is 23.0 Å². The SMILES string of the molecule is CC(C)C(NC(=O)CSc1ccc(F)c(F)c1)c1ccc2c(c1)OCCO2. The van der Waals surface area contributed by atoms with E-state index in [1.165, 1.54) is 6.07 Å². The van der Waals surface area contributed by atoms with Gasteiger partial charge in [0.25, 0.3) is 0 Å². The fraction of sp³-hybridized carbons (Fsp3) is 0.350. The standard InChI is InChI=1S/C20H21F2NO3S/c1-12(2)20(13-3-6-17-18(9-13)26-8-7-25-17)23-19(24)11-27-14-4-5-15(21)16(22)10-14/h3-6,9-10,12,20H,7-8,11H2,1-2H3,(H,23,24). The minimum atomic E-state index is -0.920. The van der Waals surface area contributed by atoms with Crippen LogP contribution in [0, 0.1) is 17.6 Å². The van der Waals surface area contributed by atoms with Gasteiger partial charge in [-0.05, 0) is 41.8 Å². The number of carbonyl (C=O) groups is 1. The lowest BCUT2D eigenvalue weighted by molar-refractivity contribution is -0.119. The van der Waals surface area contributed by atoms with Crippen LogP contribution in [-0.4, -0.2) is 24.9 Å². The van der Waals surface area contributed by atoms with Gasteiger partial charge >= 0.3 is 0 Å². The Labute approximate surface area is 161 Å². The molecule has 1 amide bonds. The molecule has 0 radical (unpaired) electrons. The van der Waals surface area contributed by atoms with Gasteiger partial charge in [-0.2, -0.15) is 0 Å². The van der Waals surface area contributed by atoms with Crippen molar-refractivity contribution in [2.45, 2.75) is 24.8 Å². The second-order valence-corrected chi connectivity index (χ2v) is 7.61. The molecule has 144 valence electrons. The summed E-state index contributed by atoms with van der Waals surface area (Å²) in [6.45, 7) is 5.06. The van der Waals surface area contributed by atoms with Crippen molar-refractivity contribution in [1.29, 1.82) is 0 Å². The predicted octanol–water partition coefficient (Wildman–Crippen LogP) is 4.34. The zero-order chi connectivity index (χ0) is 19.4. The maximum Gasteiger partial charge on any atom is 0.230 e. The third-order valence-corrected chi connectivity index (χ3v) is 5.16. The monoisotopic (exact) mass is 393 g/mol. The Hall–Kier alpha value is -2.28. The average molecular weight is 393 g/mol. The topological polar surface area (TPSA) is 47.6 Å². The molecule has 2 aromatic carbocycles. The number of nitrogens with one attached hydrogen (secondary N) is 1. The molecule has 1 unspecified atom stereocenters. The highest BCUT2D eigenvalue weighted by atomic mass is 32.2. The lowest BCUT2D eigenvalue weighted by Gasteiger charge is -2.25. The van der Waals surface area contributed by atoms with Gasteiger partial charge in [-0.1, -0.05) is 19.9 Å². The number of rotatable bonds is 6. The first-order chi connectivity index (χ1) is 12.9. The fourth-order valence-corrected chi connectivity index (χ4v) is 3.55. The first-order valence-electron chi connectivity index (χ1n) is 8.71. The van der Waals surface area contributed by atoms with Crippen LogP contribution in [0.1, 0.15) is 25.5 Å². The Morgan fingerprint density at radius 1 is 1.07 bits per heavy atom. The number of fused-ring (bicyclic) bond motifs is 1. The van der Waals surface area contributed by atoms with Gasteiger partial charge in [0.05, 0.1) is 11.8 Å². The molecule has 0 aliphatic carbocycles. The molecule has 1 atom stereocenters. The predicted molar refractivity (Wildman–Crippen MR) is 100 cm³/mol. The van der Waals surface area contributed by atoms with Gasteiger partial charge in [0.1, 0.15) is 13.2 Å². The normalized spacial score (nSPS) is 14.1. The van der Waals surface area contributed by atoms with Gasteiger partial charge in [0, 0.05) is 4.90 Å². The van der Waals surface area contributed by atoms with E-state index in [1.807, 2.05) is 32.0 Å². The maximum absolute atomic E-state index is 13.3. The van der Waals surface area contributed by atoms with Crippen molar-refractivity contribution in [2.75, 3.05) is 19.0 Å². The maximum atomic E-state index is 13.3. The number of hydrogen-bond donors (Lipinski definition) is 1. The highest BCUT2D eigenvalue weighted by molar-refractivity contribution is 8.00. The molecule has 27 heavy (non-hydrogen) atoms. The Morgan fingerprint density at radius 2 is 1.81 bits per heavy atom. The van der Waals surface area contributed by atoms with E-state index in [2.05, 4.69) is 5.32 Å². The van der Waals surface area contributed by atoms with Crippen LogP contribution >= 0.6 is 11.8 Å². The number of benzene rings is 2. The van der Waals surface area contributed by atoms with Crippen LogP contribution in [-0.2, 0) is 4.79 Å². The molecule has 0 saturated heterocycles. The smallest absolute Gasteiger partial charge is 0.230 e. The van der Waals surface area contributed by atoms with Gasteiger partial charge in [0.15, 0.2) is 23.1 Å². The third-order valence-electron chi connectivity index (χ3n) is 4.17. The molecule has 1 heterocycles. The summed E-state index contributed by atoms with van der Waals surface area (Å²) in [6.07, 6.45) is 0. The zero-order valence-electron chi connectivity index (χ0n) is 15.1. The van der Waals surface area contributed by atoms with Crippen LogP contribution in [0.15, 0.2) is 41.3 Å². The number of ether oxygens (including phenoxy) is 2. The van der Waals surface area contributed by atoms with Crippen molar-refractivity contribution in [3.05, 3.63) is 53.6 Å². The zero-order valence-corrected chi connectivity index (χ0v) is 15.9. The molecule has 0 fully saturated rings. The highest BCUT2D eigenvalue weighted by Gasteiger charge is 2.21. The summed E-state index contributed by atoms with van der Waals surface area (Å²) in [4.78, 5) is 12.9. The van der Waals surface area contributed by atoms with Crippen molar-refractivity contribution in [3.8, 4) is 11.5 Å². The molecular weight excluding hydrogens is 372 g/mol. The van der Waals surface area contributed by atoms with E-state index in [4.69, 9.17) is 9.47 Å². The van der Waals surface area contributed by atoms with Crippen LogP contribution in [0.25, 0.3) is 0 Å². The summed E-state index contributed by atoms with van der Waals surface area (Å²) < 4.78 is 37.4. The highest BCUT2D eigenvalue weighted by Crippen LogP contribution is 2.34.